The van der Waals surface area contributed by atoms with Crippen LogP contribution in [0, 0.1) is 5.92 Å². The molecule has 0 saturated carbocycles. The molecule has 0 radical (unpaired) electrons. The first-order valence-electron chi connectivity index (χ1n) is 9.44. The second kappa shape index (κ2) is 8.97. The van der Waals surface area contributed by atoms with E-state index in [1.807, 2.05) is 0 Å². The van der Waals surface area contributed by atoms with Gasteiger partial charge in [-0.05, 0) is 30.9 Å². The molecule has 3 rings (SSSR count). The van der Waals surface area contributed by atoms with E-state index in [9.17, 15) is 18.0 Å². The van der Waals surface area contributed by atoms with Gasteiger partial charge < -0.3 is 20.1 Å². The Labute approximate surface area is 170 Å². The topological polar surface area (TPSA) is 117 Å². The third kappa shape index (κ3) is 5.17. The number of carbonyl (C=O) groups is 2. The molecule has 160 valence electrons. The molecule has 0 unspecified atom stereocenters. The molecule has 1 aromatic rings. The van der Waals surface area contributed by atoms with Crippen LogP contribution in [0.5, 0.6) is 11.5 Å². The number of nitrogens with one attached hydrogen (secondary N) is 2. The number of amides is 2. The largest absolute Gasteiger partial charge is 0.486 e. The molecule has 0 spiro atoms. The number of anilines is 1. The van der Waals surface area contributed by atoms with Crippen molar-refractivity contribution in [3.63, 3.8) is 0 Å². The Balaban J connectivity index is 1.45. The molecule has 1 saturated heterocycles. The fourth-order valence-corrected chi connectivity index (χ4v) is 4.34. The summed E-state index contributed by atoms with van der Waals surface area (Å²) < 4.78 is 37.7. The van der Waals surface area contributed by atoms with Crippen LogP contribution in [-0.2, 0) is 19.8 Å². The minimum absolute atomic E-state index is 0.120. The first kappa shape index (κ1) is 21.3. The predicted octanol–water partition coefficient (Wildman–Crippen LogP) is 0.0309. The van der Waals surface area contributed by atoms with Gasteiger partial charge in [-0.3, -0.25) is 9.59 Å². The Bertz CT molecular complexity index is 865. The van der Waals surface area contributed by atoms with Gasteiger partial charge in [0.2, 0.25) is 0 Å². The van der Waals surface area contributed by atoms with Gasteiger partial charge in [-0.2, -0.15) is 17.0 Å². The lowest BCUT2D eigenvalue weighted by atomic mass is 9.98. The van der Waals surface area contributed by atoms with E-state index in [0.29, 0.717) is 62.9 Å². The SMILES string of the molecule is CN(C)S(=O)(=O)N1CCC(CNC(=O)C(=O)Nc2ccc3c(c2)OCCO3)CC1. The maximum atomic E-state index is 12.1. The van der Waals surface area contributed by atoms with Gasteiger partial charge in [0.05, 0.1) is 0 Å². The van der Waals surface area contributed by atoms with E-state index < -0.39 is 22.0 Å². The molecule has 11 heteroatoms. The third-order valence-corrected chi connectivity index (χ3v) is 6.86. The van der Waals surface area contributed by atoms with Crippen molar-refractivity contribution >= 4 is 27.7 Å². The van der Waals surface area contributed by atoms with E-state index in [1.54, 1.807) is 18.2 Å². The zero-order valence-corrected chi connectivity index (χ0v) is 17.3. The van der Waals surface area contributed by atoms with Crippen LogP contribution in [0.4, 0.5) is 5.69 Å². The minimum Gasteiger partial charge on any atom is -0.486 e. The van der Waals surface area contributed by atoms with Gasteiger partial charge in [-0.15, -0.1) is 0 Å². The third-order valence-electron chi connectivity index (χ3n) is 4.92. The maximum Gasteiger partial charge on any atom is 0.313 e. The number of rotatable bonds is 5. The average Bonchev–Trinajstić information content (AvgIpc) is 2.72. The molecular formula is C18H26N4O6S. The summed E-state index contributed by atoms with van der Waals surface area (Å²) in [7, 11) is -0.409. The molecule has 10 nitrogen and oxygen atoms in total. The lowest BCUT2D eigenvalue weighted by molar-refractivity contribution is -0.136. The molecule has 0 bridgehead atoms. The molecule has 2 N–H and O–H groups in total. The summed E-state index contributed by atoms with van der Waals surface area (Å²) in [6, 6.07) is 4.93. The van der Waals surface area contributed by atoms with Crippen molar-refractivity contribution in [1.29, 1.82) is 0 Å². The van der Waals surface area contributed by atoms with E-state index in [2.05, 4.69) is 10.6 Å². The summed E-state index contributed by atoms with van der Waals surface area (Å²) in [6.07, 6.45) is 1.24. The molecule has 1 aromatic carbocycles. The number of benzene rings is 1. The molecule has 29 heavy (non-hydrogen) atoms. The van der Waals surface area contributed by atoms with Gasteiger partial charge in [-0.25, -0.2) is 0 Å². The molecule has 0 aromatic heterocycles. The Kier molecular flexibility index (Phi) is 6.60. The molecule has 0 aliphatic carbocycles. The van der Waals surface area contributed by atoms with Crippen LogP contribution in [0.15, 0.2) is 18.2 Å². The summed E-state index contributed by atoms with van der Waals surface area (Å²) in [5.74, 6) is -0.262. The number of hydrogen-bond donors (Lipinski definition) is 2. The number of carbonyl (C=O) groups excluding carboxylic acids is 2. The van der Waals surface area contributed by atoms with E-state index in [4.69, 9.17) is 9.47 Å². The van der Waals surface area contributed by atoms with Crippen molar-refractivity contribution in [2.45, 2.75) is 12.8 Å². The highest BCUT2D eigenvalue weighted by molar-refractivity contribution is 7.86. The molecule has 1 fully saturated rings. The van der Waals surface area contributed by atoms with Gasteiger partial charge in [-0.1, -0.05) is 0 Å². The van der Waals surface area contributed by atoms with Crippen LogP contribution in [0.25, 0.3) is 0 Å². The smallest absolute Gasteiger partial charge is 0.313 e. The Morgan fingerprint density at radius 2 is 1.76 bits per heavy atom. The molecule has 2 amide bonds. The van der Waals surface area contributed by atoms with E-state index in [-0.39, 0.29) is 5.92 Å². The first-order valence-corrected chi connectivity index (χ1v) is 10.8. The fourth-order valence-electron chi connectivity index (χ4n) is 3.20. The Morgan fingerprint density at radius 3 is 2.41 bits per heavy atom. The van der Waals surface area contributed by atoms with E-state index in [1.165, 1.54) is 22.7 Å². The van der Waals surface area contributed by atoms with Crippen LogP contribution >= 0.6 is 0 Å². The van der Waals surface area contributed by atoms with E-state index >= 15 is 0 Å². The maximum absolute atomic E-state index is 12.1. The number of fused-ring (bicyclic) bond motifs is 1. The molecule has 2 heterocycles. The normalized spacial score (nSPS) is 17.8. The first-order chi connectivity index (χ1) is 13.8. The summed E-state index contributed by atoms with van der Waals surface area (Å²) >= 11 is 0. The monoisotopic (exact) mass is 426 g/mol. The summed E-state index contributed by atoms with van der Waals surface area (Å²) in [5.41, 5.74) is 0.441. The summed E-state index contributed by atoms with van der Waals surface area (Å²) in [4.78, 5) is 24.2. The quantitative estimate of drug-likeness (QED) is 0.642. The molecule has 2 aliphatic rings. The Hall–Kier alpha value is -2.37. The number of piperidine rings is 1. The summed E-state index contributed by atoms with van der Waals surface area (Å²) in [5, 5.41) is 5.17. The molecule has 2 aliphatic heterocycles. The van der Waals surface area contributed by atoms with Crippen molar-refractivity contribution in [3.05, 3.63) is 18.2 Å². The number of ether oxygens (including phenoxy) is 2. The zero-order valence-electron chi connectivity index (χ0n) is 16.5. The van der Waals surface area contributed by atoms with Gasteiger partial charge in [0.1, 0.15) is 13.2 Å². The number of nitrogens with zero attached hydrogens (tertiary/aromatic N) is 2. The van der Waals surface area contributed by atoms with Gasteiger partial charge in [0.25, 0.3) is 10.2 Å². The van der Waals surface area contributed by atoms with Gasteiger partial charge in [0, 0.05) is 45.5 Å². The lowest BCUT2D eigenvalue weighted by Crippen LogP contribution is -2.46. The highest BCUT2D eigenvalue weighted by atomic mass is 32.2. The second-order valence-corrected chi connectivity index (χ2v) is 9.30. The van der Waals surface area contributed by atoms with Crippen molar-refractivity contribution < 1.29 is 27.5 Å². The fraction of sp³-hybridized carbons (Fsp3) is 0.556. The Morgan fingerprint density at radius 1 is 1.10 bits per heavy atom. The average molecular weight is 426 g/mol. The van der Waals surface area contributed by atoms with Gasteiger partial charge >= 0.3 is 11.8 Å². The second-order valence-electron chi connectivity index (χ2n) is 7.16. The van der Waals surface area contributed by atoms with Crippen LogP contribution in [0.1, 0.15) is 12.8 Å². The highest BCUT2D eigenvalue weighted by Crippen LogP contribution is 2.32. The molecule has 0 atom stereocenters. The standard InChI is InChI=1S/C18H26N4O6S/c1-21(2)29(25,26)22-7-5-13(6-8-22)12-19-17(23)18(24)20-14-3-4-15-16(11-14)28-10-9-27-15/h3-4,11,13H,5-10,12H2,1-2H3,(H,19,23)(H,20,24). The van der Waals surface area contributed by atoms with Crippen LogP contribution in [-0.4, -0.2) is 75.8 Å². The van der Waals surface area contributed by atoms with Crippen molar-refractivity contribution in [1.82, 2.24) is 13.9 Å². The zero-order chi connectivity index (χ0) is 21.0. The van der Waals surface area contributed by atoms with Crippen molar-refractivity contribution in [2.24, 2.45) is 5.92 Å². The lowest BCUT2D eigenvalue weighted by Gasteiger charge is -2.32. The number of hydrogen-bond acceptors (Lipinski definition) is 6. The summed E-state index contributed by atoms with van der Waals surface area (Å²) in [6.45, 7) is 2.01. The highest BCUT2D eigenvalue weighted by Gasteiger charge is 2.29. The van der Waals surface area contributed by atoms with Crippen LogP contribution in [0.3, 0.4) is 0 Å². The van der Waals surface area contributed by atoms with E-state index in [0.717, 1.165) is 0 Å². The van der Waals surface area contributed by atoms with Crippen molar-refractivity contribution in [3.8, 4) is 11.5 Å². The molecular weight excluding hydrogens is 400 g/mol. The van der Waals surface area contributed by atoms with Crippen LogP contribution in [0.2, 0.25) is 0 Å². The van der Waals surface area contributed by atoms with Crippen molar-refractivity contribution in [2.75, 3.05) is 52.3 Å². The van der Waals surface area contributed by atoms with Gasteiger partial charge in [0.15, 0.2) is 11.5 Å². The predicted molar refractivity (Wildman–Crippen MR) is 106 cm³/mol. The van der Waals surface area contributed by atoms with Crippen LogP contribution < -0.4 is 20.1 Å². The minimum atomic E-state index is -3.41.